The number of aryl methyl sites for hydroxylation is 1. The van der Waals surface area contributed by atoms with Crippen LogP contribution in [0.15, 0.2) is 48.5 Å². The molecule has 0 aliphatic heterocycles. The molecule has 2 rings (SSSR count). The Morgan fingerprint density at radius 3 is 2.23 bits per heavy atom. The van der Waals surface area contributed by atoms with E-state index in [0.717, 1.165) is 36.1 Å². The first kappa shape index (κ1) is 32.3. The fourth-order valence-electron chi connectivity index (χ4n) is 3.62. The van der Waals surface area contributed by atoms with E-state index in [1.54, 1.807) is 33.9 Å². The molecule has 1 N–H and O–H groups in total. The average Bonchev–Trinajstić information content (AvgIpc) is 2.86. The first-order chi connectivity index (χ1) is 18.7. The molecule has 0 unspecified atom stereocenters. The van der Waals surface area contributed by atoms with Gasteiger partial charge in [0.25, 0.3) is 0 Å². The van der Waals surface area contributed by atoms with Gasteiger partial charge in [-0.05, 0) is 84.1 Å². The van der Waals surface area contributed by atoms with E-state index in [2.05, 4.69) is 16.4 Å². The molecule has 1 atom stereocenters. The van der Waals surface area contributed by atoms with Gasteiger partial charge in [-0.15, -0.1) is 0 Å². The molecule has 0 spiro atoms. The fourth-order valence-corrected chi connectivity index (χ4v) is 3.62. The third kappa shape index (κ3) is 11.9. The highest BCUT2D eigenvalue weighted by molar-refractivity contribution is 5.86. The largest absolute Gasteiger partial charge is 0.467 e. The van der Waals surface area contributed by atoms with E-state index in [1.807, 2.05) is 63.2 Å². The van der Waals surface area contributed by atoms with E-state index in [-0.39, 0.29) is 6.42 Å². The Hall–Kier alpha value is -3.88. The lowest BCUT2D eigenvalue weighted by molar-refractivity contribution is -0.143. The third-order valence-corrected chi connectivity index (χ3v) is 5.51. The number of hydrogen-bond donors (Lipinski definition) is 1. The molecule has 2 aromatic rings. The molecular weight excluding hydrogens is 510 g/mol. The summed E-state index contributed by atoms with van der Waals surface area (Å²) in [5.41, 5.74) is 1.58. The molecule has 1 aromatic heterocycles. The average molecular weight is 554 g/mol. The lowest BCUT2D eigenvalue weighted by Crippen LogP contribution is -2.45. The summed E-state index contributed by atoms with van der Waals surface area (Å²) in [5, 5.41) is 2.59. The van der Waals surface area contributed by atoms with Crippen molar-refractivity contribution in [3.8, 4) is 0 Å². The van der Waals surface area contributed by atoms with Gasteiger partial charge in [-0.25, -0.2) is 19.4 Å². The number of carbonyl (C=O) groups excluding carboxylic acids is 3. The van der Waals surface area contributed by atoms with Crippen molar-refractivity contribution < 1.29 is 28.6 Å². The number of carbonyl (C=O) groups is 3. The number of methoxy groups -OCH3 is 1. The number of pyridine rings is 1. The minimum absolute atomic E-state index is 0.283. The van der Waals surface area contributed by atoms with E-state index in [1.165, 1.54) is 12.0 Å². The number of hydrogen-bond acceptors (Lipinski definition) is 7. The van der Waals surface area contributed by atoms with Gasteiger partial charge in [0.2, 0.25) is 0 Å². The number of allylic oxidation sites excluding steroid dienone is 1. The van der Waals surface area contributed by atoms with Crippen molar-refractivity contribution >= 4 is 30.0 Å². The summed E-state index contributed by atoms with van der Waals surface area (Å²) in [5.74, 6) is 0.0180. The number of esters is 1. The number of unbranched alkanes of at least 4 members (excludes halogenated alkanes) is 1. The molecule has 0 aliphatic rings. The van der Waals surface area contributed by atoms with Crippen molar-refractivity contribution in [3.63, 3.8) is 0 Å². The Balaban J connectivity index is 1.87. The number of anilines is 1. The maximum Gasteiger partial charge on any atom is 0.415 e. The maximum absolute atomic E-state index is 12.3. The first-order valence-corrected chi connectivity index (χ1v) is 13.4. The Labute approximate surface area is 237 Å². The molecule has 0 saturated carbocycles. The molecule has 9 heteroatoms. The minimum Gasteiger partial charge on any atom is -0.467 e. The predicted molar refractivity (Wildman–Crippen MR) is 156 cm³/mol. The lowest BCUT2D eigenvalue weighted by Gasteiger charge is -2.24. The Morgan fingerprint density at radius 2 is 1.62 bits per heavy atom. The summed E-state index contributed by atoms with van der Waals surface area (Å²) in [6.45, 7) is 10.8. The van der Waals surface area contributed by atoms with Gasteiger partial charge in [0.05, 0.1) is 7.11 Å². The molecule has 1 heterocycles. The van der Waals surface area contributed by atoms with Crippen LogP contribution in [0.1, 0.15) is 71.2 Å². The summed E-state index contributed by atoms with van der Waals surface area (Å²) in [7, 11) is 2.94. The number of rotatable bonds is 10. The van der Waals surface area contributed by atoms with E-state index in [0.29, 0.717) is 5.82 Å². The highest BCUT2D eigenvalue weighted by Gasteiger charge is 2.25. The first-order valence-electron chi connectivity index (χ1n) is 13.4. The van der Waals surface area contributed by atoms with Crippen molar-refractivity contribution in [1.82, 2.24) is 10.3 Å². The summed E-state index contributed by atoms with van der Waals surface area (Å²) in [6.07, 6.45) is 5.86. The highest BCUT2D eigenvalue weighted by Crippen LogP contribution is 2.17. The summed E-state index contributed by atoms with van der Waals surface area (Å²) in [4.78, 5) is 42.7. The Kier molecular flexibility index (Phi) is 11.7. The molecule has 1 aromatic carbocycles. The summed E-state index contributed by atoms with van der Waals surface area (Å²) in [6, 6.07) is 12.6. The van der Waals surface area contributed by atoms with Crippen LogP contribution in [0.25, 0.3) is 6.08 Å². The van der Waals surface area contributed by atoms with Crippen LogP contribution in [-0.4, -0.2) is 54.5 Å². The van der Waals surface area contributed by atoms with Gasteiger partial charge < -0.3 is 19.5 Å². The monoisotopic (exact) mass is 553 g/mol. The Bertz CT molecular complexity index is 1160. The fraction of sp³-hybridized carbons (Fsp3) is 0.484. The predicted octanol–water partition coefficient (Wildman–Crippen LogP) is 6.10. The molecule has 0 aliphatic carbocycles. The van der Waals surface area contributed by atoms with Gasteiger partial charge >= 0.3 is 18.2 Å². The van der Waals surface area contributed by atoms with Crippen LogP contribution in [0.2, 0.25) is 0 Å². The normalized spacial score (nSPS) is 12.5. The standard InChI is InChI=1S/C31H43N3O6/c1-30(2,3)39-28(36)33-25(27(35)38-8)21-23-19-17-22(18-20-23)13-10-9-11-14-24-15-12-16-26(32-24)34(7)29(37)40-31(4,5)6/h10,12-13,15-20,25H,9,11,14,21H2,1-8H3,(H,33,36)/b13-10+/t25-/m0/s1. The number of alkyl carbamates (subject to hydrolysis) is 1. The third-order valence-electron chi connectivity index (χ3n) is 5.51. The molecule has 40 heavy (non-hydrogen) atoms. The number of nitrogens with zero attached hydrogens (tertiary/aromatic N) is 2. The van der Waals surface area contributed by atoms with Crippen LogP contribution in [0.3, 0.4) is 0 Å². The molecule has 218 valence electrons. The van der Waals surface area contributed by atoms with Crippen LogP contribution in [0.5, 0.6) is 0 Å². The second-order valence-corrected chi connectivity index (χ2v) is 11.5. The number of aromatic nitrogens is 1. The number of amides is 2. The van der Waals surface area contributed by atoms with Crippen LogP contribution in [0.4, 0.5) is 15.4 Å². The van der Waals surface area contributed by atoms with Gasteiger partial charge in [0.1, 0.15) is 23.1 Å². The van der Waals surface area contributed by atoms with Crippen LogP contribution in [0, 0.1) is 0 Å². The van der Waals surface area contributed by atoms with E-state index in [9.17, 15) is 14.4 Å². The second-order valence-electron chi connectivity index (χ2n) is 11.5. The molecule has 9 nitrogen and oxygen atoms in total. The van der Waals surface area contributed by atoms with Crippen LogP contribution >= 0.6 is 0 Å². The molecule has 0 saturated heterocycles. The van der Waals surface area contributed by atoms with Gasteiger partial charge in [0.15, 0.2) is 0 Å². The van der Waals surface area contributed by atoms with Crippen molar-refractivity contribution in [2.45, 2.75) is 84.5 Å². The minimum atomic E-state index is -0.850. The van der Waals surface area contributed by atoms with Gasteiger partial charge in [-0.1, -0.05) is 42.5 Å². The van der Waals surface area contributed by atoms with Gasteiger partial charge in [-0.3, -0.25) is 4.90 Å². The molecule has 0 fully saturated rings. The van der Waals surface area contributed by atoms with Gasteiger partial charge in [0, 0.05) is 19.2 Å². The molecule has 2 amide bonds. The zero-order valence-corrected chi connectivity index (χ0v) is 24.9. The second kappa shape index (κ2) is 14.5. The molecule has 0 radical (unpaired) electrons. The zero-order chi connectivity index (χ0) is 29.9. The Morgan fingerprint density at radius 1 is 0.975 bits per heavy atom. The molecular formula is C31H43N3O6. The number of benzene rings is 1. The summed E-state index contributed by atoms with van der Waals surface area (Å²) >= 11 is 0. The van der Waals surface area contributed by atoms with E-state index < -0.39 is 35.4 Å². The van der Waals surface area contributed by atoms with E-state index in [4.69, 9.17) is 14.2 Å². The van der Waals surface area contributed by atoms with Crippen molar-refractivity contribution in [3.05, 3.63) is 65.4 Å². The van der Waals surface area contributed by atoms with Crippen LogP contribution in [-0.2, 0) is 31.8 Å². The number of nitrogens with one attached hydrogen (secondary N) is 1. The molecule has 0 bridgehead atoms. The zero-order valence-electron chi connectivity index (χ0n) is 24.9. The quantitative estimate of drug-likeness (QED) is 0.215. The summed E-state index contributed by atoms with van der Waals surface area (Å²) < 4.78 is 15.5. The van der Waals surface area contributed by atoms with E-state index >= 15 is 0 Å². The van der Waals surface area contributed by atoms with Crippen molar-refractivity contribution in [2.24, 2.45) is 0 Å². The smallest absolute Gasteiger partial charge is 0.415 e. The lowest BCUT2D eigenvalue weighted by atomic mass is 10.0. The van der Waals surface area contributed by atoms with Crippen molar-refractivity contribution in [1.29, 1.82) is 0 Å². The maximum atomic E-state index is 12.3. The van der Waals surface area contributed by atoms with Crippen molar-refractivity contribution in [2.75, 3.05) is 19.1 Å². The SMILES string of the molecule is COC(=O)[C@H](Cc1ccc(/C=C/CCCc2cccc(N(C)C(=O)OC(C)(C)C)n2)cc1)NC(=O)OC(C)(C)C. The topological polar surface area (TPSA) is 107 Å². The van der Waals surface area contributed by atoms with Crippen LogP contribution < -0.4 is 10.2 Å². The van der Waals surface area contributed by atoms with Gasteiger partial charge in [-0.2, -0.15) is 0 Å². The highest BCUT2D eigenvalue weighted by atomic mass is 16.6. The number of ether oxygens (including phenoxy) is 3.